The molecule has 1 aliphatic rings. The fraction of sp³-hybridized carbons (Fsp3) is 0.100. The van der Waals surface area contributed by atoms with E-state index in [9.17, 15) is 24.8 Å². The molecule has 1 N–H and O–H groups in total. The van der Waals surface area contributed by atoms with Gasteiger partial charge in [-0.25, -0.2) is 4.79 Å². The Morgan fingerprint density at radius 1 is 1.30 bits per heavy atom. The van der Waals surface area contributed by atoms with Crippen LogP contribution in [0.25, 0.3) is 6.08 Å². The summed E-state index contributed by atoms with van der Waals surface area (Å²) in [6, 6.07) is 5.61. The second-order valence-corrected chi connectivity index (χ2v) is 7.80. The number of nitro groups is 1. The lowest BCUT2D eigenvalue weighted by molar-refractivity contribution is -0.402. The molecule has 1 aromatic heterocycles. The molecule has 0 radical (unpaired) electrons. The summed E-state index contributed by atoms with van der Waals surface area (Å²) in [5.74, 6) is -1.70. The van der Waals surface area contributed by atoms with Crippen LogP contribution in [0.15, 0.2) is 50.8 Å². The molecule has 1 amide bonds. The molecule has 0 spiro atoms. The van der Waals surface area contributed by atoms with Crippen molar-refractivity contribution in [1.82, 2.24) is 5.01 Å². The Morgan fingerprint density at radius 2 is 2.06 bits per heavy atom. The maximum absolute atomic E-state index is 12.6. The highest BCUT2D eigenvalue weighted by molar-refractivity contribution is 8.26. The molecule has 0 atom stereocenters. The monoisotopic (exact) mass is 489 g/mol. The van der Waals surface area contributed by atoms with E-state index in [1.165, 1.54) is 62.9 Å². The van der Waals surface area contributed by atoms with E-state index in [4.69, 9.17) is 26.1 Å². The Bertz CT molecular complexity index is 1230. The lowest BCUT2D eigenvalue weighted by Crippen LogP contribution is -2.22. The summed E-state index contributed by atoms with van der Waals surface area (Å²) < 4.78 is 15.4. The highest BCUT2D eigenvalue weighted by Gasteiger charge is 2.32. The largest absolute Gasteiger partial charge is 0.493 e. The topological polar surface area (TPSA) is 145 Å². The van der Waals surface area contributed by atoms with Crippen molar-refractivity contribution in [1.29, 1.82) is 0 Å². The van der Waals surface area contributed by atoms with Crippen LogP contribution < -0.4 is 9.47 Å². The fourth-order valence-electron chi connectivity index (χ4n) is 2.72. The number of benzene rings is 1. The van der Waals surface area contributed by atoms with Gasteiger partial charge in [0.1, 0.15) is 16.2 Å². The molecule has 2 heterocycles. The third-order valence-corrected chi connectivity index (χ3v) is 5.48. The van der Waals surface area contributed by atoms with Crippen molar-refractivity contribution in [3.63, 3.8) is 0 Å². The van der Waals surface area contributed by atoms with E-state index in [-0.39, 0.29) is 37.6 Å². The van der Waals surface area contributed by atoms with Crippen molar-refractivity contribution in [2.24, 2.45) is 5.10 Å². The fourth-order valence-corrected chi connectivity index (χ4v) is 3.85. The summed E-state index contributed by atoms with van der Waals surface area (Å²) in [6.07, 6.45) is 5.58. The van der Waals surface area contributed by atoms with Gasteiger partial charge in [0, 0.05) is 5.56 Å². The van der Waals surface area contributed by atoms with Crippen LogP contribution in [0, 0.1) is 10.1 Å². The first-order chi connectivity index (χ1) is 15.8. The molecule has 2 aromatic rings. The van der Waals surface area contributed by atoms with E-state index in [0.717, 1.165) is 16.8 Å². The molecule has 1 fully saturated rings. The lowest BCUT2D eigenvalue weighted by Gasteiger charge is -2.13. The van der Waals surface area contributed by atoms with Crippen LogP contribution >= 0.6 is 24.0 Å². The van der Waals surface area contributed by atoms with Gasteiger partial charge < -0.3 is 19.0 Å². The van der Waals surface area contributed by atoms with Crippen LogP contribution in [0.3, 0.4) is 0 Å². The van der Waals surface area contributed by atoms with Gasteiger partial charge >= 0.3 is 11.9 Å². The molecule has 0 aliphatic carbocycles. The number of carboxylic acids is 1. The average molecular weight is 489 g/mol. The van der Waals surface area contributed by atoms with Gasteiger partial charge in [0.15, 0.2) is 15.8 Å². The van der Waals surface area contributed by atoms with Gasteiger partial charge in [0.2, 0.25) is 0 Å². The van der Waals surface area contributed by atoms with Gasteiger partial charge in [-0.2, -0.15) is 10.1 Å². The Balaban J connectivity index is 1.81. The number of furan rings is 1. The Kier molecular flexibility index (Phi) is 7.25. The maximum atomic E-state index is 12.6. The molecule has 11 nitrogen and oxygen atoms in total. The zero-order valence-corrected chi connectivity index (χ0v) is 18.7. The summed E-state index contributed by atoms with van der Waals surface area (Å²) >= 11 is 6.18. The molecular formula is C20H15N3O8S2. The number of amides is 1. The van der Waals surface area contributed by atoms with Gasteiger partial charge in [-0.05, 0) is 42.6 Å². The van der Waals surface area contributed by atoms with E-state index < -0.39 is 22.7 Å². The number of carbonyl (C=O) groups is 2. The number of carbonyl (C=O) groups excluding carboxylic acids is 1. The molecule has 33 heavy (non-hydrogen) atoms. The highest BCUT2D eigenvalue weighted by atomic mass is 32.2. The Morgan fingerprint density at radius 3 is 2.67 bits per heavy atom. The standard InChI is InChI=1S/C20H15N3O8S2/c1-29-13-8-6-11(16(19(25)26)17(13)30-2)10-21-22-18(24)14(33-20(22)32)5-3-4-12-7-9-15(31-12)23(27)28/h3-10H,1-2H3,(H,25,26)/b4-3+,14-5+,21-10+. The van der Waals surface area contributed by atoms with Crippen LogP contribution in [0.1, 0.15) is 21.7 Å². The Hall–Kier alpha value is -3.97. The molecule has 1 aliphatic heterocycles. The SMILES string of the molecule is COc1ccc(/C=N/N2C(=O)/C(=C\C=C\c3ccc([N+](=O)[O-])o3)SC2=S)c(C(=O)O)c1OC. The van der Waals surface area contributed by atoms with E-state index in [1.54, 1.807) is 0 Å². The molecule has 1 aromatic carbocycles. The van der Waals surface area contributed by atoms with Gasteiger partial charge in [0.25, 0.3) is 5.91 Å². The van der Waals surface area contributed by atoms with Gasteiger partial charge in [-0.3, -0.25) is 14.9 Å². The number of hydrogen-bond acceptors (Lipinski definition) is 10. The minimum atomic E-state index is -1.26. The molecular weight excluding hydrogens is 474 g/mol. The number of hydrazone groups is 1. The van der Waals surface area contributed by atoms with Crippen LogP contribution in [0.5, 0.6) is 11.5 Å². The predicted molar refractivity (Wildman–Crippen MR) is 124 cm³/mol. The average Bonchev–Trinajstić information content (AvgIpc) is 3.36. The first kappa shape index (κ1) is 23.7. The van der Waals surface area contributed by atoms with Crippen molar-refractivity contribution < 1.29 is 33.5 Å². The minimum Gasteiger partial charge on any atom is -0.493 e. The van der Waals surface area contributed by atoms with Crippen molar-refractivity contribution >= 4 is 58.4 Å². The quantitative estimate of drug-likeness (QED) is 0.191. The van der Waals surface area contributed by atoms with E-state index in [1.807, 2.05) is 0 Å². The zero-order valence-electron chi connectivity index (χ0n) is 17.1. The van der Waals surface area contributed by atoms with Crippen molar-refractivity contribution in [2.45, 2.75) is 0 Å². The molecule has 0 unspecified atom stereocenters. The van der Waals surface area contributed by atoms with Gasteiger partial charge in [0.05, 0.1) is 31.4 Å². The number of nitrogens with zero attached hydrogens (tertiary/aromatic N) is 3. The zero-order chi connectivity index (χ0) is 24.1. The molecule has 13 heteroatoms. The van der Waals surface area contributed by atoms with Crippen molar-refractivity contribution in [3.05, 3.63) is 68.3 Å². The van der Waals surface area contributed by atoms with Crippen LogP contribution in [0.2, 0.25) is 0 Å². The minimum absolute atomic E-state index is 0.0162. The second-order valence-electron chi connectivity index (χ2n) is 6.12. The van der Waals surface area contributed by atoms with E-state index >= 15 is 0 Å². The number of carboxylic acid groups (broad SMARTS) is 1. The smallest absolute Gasteiger partial charge is 0.433 e. The third kappa shape index (κ3) is 5.10. The number of aromatic carboxylic acids is 1. The third-order valence-electron chi connectivity index (χ3n) is 4.18. The first-order valence-corrected chi connectivity index (χ1v) is 10.2. The molecule has 170 valence electrons. The molecule has 1 saturated heterocycles. The second kappa shape index (κ2) is 10.1. The van der Waals surface area contributed by atoms with Gasteiger partial charge in [-0.15, -0.1) is 0 Å². The number of thiocarbonyl (C=S) groups is 1. The van der Waals surface area contributed by atoms with Crippen LogP contribution in [-0.2, 0) is 4.79 Å². The van der Waals surface area contributed by atoms with Gasteiger partial charge in [-0.1, -0.05) is 17.8 Å². The number of allylic oxidation sites excluding steroid dienone is 2. The number of hydrogen-bond donors (Lipinski definition) is 1. The maximum Gasteiger partial charge on any atom is 0.433 e. The van der Waals surface area contributed by atoms with Crippen molar-refractivity contribution in [3.8, 4) is 11.5 Å². The van der Waals surface area contributed by atoms with Crippen LogP contribution in [0.4, 0.5) is 5.88 Å². The summed E-state index contributed by atoms with van der Waals surface area (Å²) in [5.41, 5.74) is -0.00505. The highest BCUT2D eigenvalue weighted by Crippen LogP contribution is 2.34. The predicted octanol–water partition coefficient (Wildman–Crippen LogP) is 3.69. The first-order valence-electron chi connectivity index (χ1n) is 8.98. The normalized spacial score (nSPS) is 15.2. The molecule has 3 rings (SSSR count). The Labute approximate surface area is 196 Å². The van der Waals surface area contributed by atoms with Crippen molar-refractivity contribution in [2.75, 3.05) is 14.2 Å². The number of thioether (sulfide) groups is 1. The van der Waals surface area contributed by atoms with E-state index in [0.29, 0.717) is 0 Å². The molecule has 0 bridgehead atoms. The lowest BCUT2D eigenvalue weighted by atomic mass is 10.1. The molecule has 0 saturated carbocycles. The number of rotatable bonds is 8. The number of methoxy groups -OCH3 is 2. The summed E-state index contributed by atoms with van der Waals surface area (Å²) in [4.78, 5) is 34.6. The summed E-state index contributed by atoms with van der Waals surface area (Å²) in [5, 5.41) is 25.2. The van der Waals surface area contributed by atoms with E-state index in [2.05, 4.69) is 5.10 Å². The van der Waals surface area contributed by atoms with Crippen LogP contribution in [-0.4, -0.2) is 51.7 Å². The summed E-state index contributed by atoms with van der Waals surface area (Å²) in [6.45, 7) is 0. The number of ether oxygens (including phenoxy) is 2. The summed E-state index contributed by atoms with van der Waals surface area (Å²) in [7, 11) is 2.69.